The average Bonchev–Trinajstić information content (AvgIpc) is 3.70. The molecule has 0 aliphatic carbocycles. The van der Waals surface area contributed by atoms with Gasteiger partial charge in [0, 0.05) is 57.7 Å². The van der Waals surface area contributed by atoms with Crippen molar-refractivity contribution in [1.29, 1.82) is 0 Å². The van der Waals surface area contributed by atoms with Gasteiger partial charge < -0.3 is 14.4 Å². The van der Waals surface area contributed by atoms with Crippen LogP contribution in [0.3, 0.4) is 0 Å². The van der Waals surface area contributed by atoms with Gasteiger partial charge in [-0.05, 0) is 118 Å². The van der Waals surface area contributed by atoms with Crippen molar-refractivity contribution in [1.82, 2.24) is 4.57 Å². The molecule has 1 radical (unpaired) electrons. The fourth-order valence-electron chi connectivity index (χ4n) is 10.6. The van der Waals surface area contributed by atoms with E-state index in [1.165, 1.54) is 55.4 Å². The fraction of sp³-hybridized carbons (Fsp3) is 0.219. The molecule has 1 aromatic heterocycles. The predicted octanol–water partition coefficient (Wildman–Crippen LogP) is 17.2. The van der Waals surface area contributed by atoms with Crippen LogP contribution in [0.1, 0.15) is 113 Å². The number of amides is 1. The SMILES string of the molecule is CC(C)c1cccc(C(C)C)c1N1CCC(=O)N(c2c(C(C)C)cccc2C(C)C)[C]1c1ccc(N(c2ccc(-c3ccccc3)cc2)c2ccc3c(c2)c2ccccc2n3-c2ccccc2)cc1. The Morgan fingerprint density at radius 2 is 0.884 bits per heavy atom. The molecule has 2 heterocycles. The summed E-state index contributed by atoms with van der Waals surface area (Å²) in [5, 5.41) is 2.39. The number of carbonyl (C=O) groups is 1. The van der Waals surface area contributed by atoms with E-state index in [4.69, 9.17) is 0 Å². The second kappa shape index (κ2) is 19.0. The summed E-state index contributed by atoms with van der Waals surface area (Å²) in [5.74, 6) is 1.10. The van der Waals surface area contributed by atoms with Crippen molar-refractivity contribution >= 4 is 56.1 Å². The summed E-state index contributed by atoms with van der Waals surface area (Å²) in [6, 6.07) is 68.1. The van der Waals surface area contributed by atoms with Crippen LogP contribution in [-0.2, 0) is 4.79 Å². The molecular weight excluding hydrogens is 841 g/mol. The van der Waals surface area contributed by atoms with E-state index in [2.05, 4.69) is 263 Å². The molecule has 69 heavy (non-hydrogen) atoms. The first kappa shape index (κ1) is 45.4. The lowest BCUT2D eigenvalue weighted by atomic mass is 9.88. The quantitative estimate of drug-likeness (QED) is 0.122. The van der Waals surface area contributed by atoms with Gasteiger partial charge in [-0.25, -0.2) is 0 Å². The van der Waals surface area contributed by atoms with E-state index >= 15 is 0 Å². The van der Waals surface area contributed by atoms with Crippen LogP contribution in [0.2, 0.25) is 0 Å². The molecule has 5 nitrogen and oxygen atoms in total. The molecule has 1 saturated heterocycles. The fourth-order valence-corrected chi connectivity index (χ4v) is 10.6. The van der Waals surface area contributed by atoms with Crippen LogP contribution in [0.5, 0.6) is 0 Å². The molecule has 0 unspecified atom stereocenters. The summed E-state index contributed by atoms with van der Waals surface area (Å²) in [7, 11) is 0. The molecule has 0 atom stereocenters. The molecule has 1 aliphatic rings. The summed E-state index contributed by atoms with van der Waals surface area (Å²) < 4.78 is 2.37. The lowest BCUT2D eigenvalue weighted by molar-refractivity contribution is -0.118. The number of aromatic nitrogens is 1. The number of para-hydroxylation sites is 4. The molecule has 10 rings (SSSR count). The van der Waals surface area contributed by atoms with Gasteiger partial charge in [0.2, 0.25) is 5.91 Å². The molecule has 8 aromatic carbocycles. The van der Waals surface area contributed by atoms with Gasteiger partial charge in [-0.3, -0.25) is 9.69 Å². The second-order valence-electron chi connectivity index (χ2n) is 19.8. The first-order valence-electron chi connectivity index (χ1n) is 24.9. The van der Waals surface area contributed by atoms with Crippen LogP contribution in [-0.4, -0.2) is 17.0 Å². The lowest BCUT2D eigenvalue weighted by Gasteiger charge is -2.47. The van der Waals surface area contributed by atoms with E-state index in [0.29, 0.717) is 13.0 Å². The Kier molecular flexibility index (Phi) is 12.5. The minimum absolute atomic E-state index is 0.122. The molecule has 5 heteroatoms. The zero-order valence-electron chi connectivity index (χ0n) is 41.3. The highest BCUT2D eigenvalue weighted by molar-refractivity contribution is 6.11. The highest BCUT2D eigenvalue weighted by Gasteiger charge is 2.42. The number of fused-ring (bicyclic) bond motifs is 3. The monoisotopic (exact) mass is 904 g/mol. The lowest BCUT2D eigenvalue weighted by Crippen LogP contribution is -2.53. The first-order chi connectivity index (χ1) is 33.5. The summed E-state index contributed by atoms with van der Waals surface area (Å²) in [5.41, 5.74) is 17.1. The Hall–Kier alpha value is -7.37. The van der Waals surface area contributed by atoms with E-state index in [1.807, 2.05) is 0 Å². The van der Waals surface area contributed by atoms with Gasteiger partial charge in [0.05, 0.1) is 16.7 Å². The number of hydrogen-bond acceptors (Lipinski definition) is 3. The Bertz CT molecular complexity index is 3200. The smallest absolute Gasteiger partial charge is 0.231 e. The Labute approximate surface area is 409 Å². The zero-order chi connectivity index (χ0) is 47.9. The molecule has 1 amide bonds. The number of rotatable bonds is 12. The third kappa shape index (κ3) is 8.39. The highest BCUT2D eigenvalue weighted by Crippen LogP contribution is 2.48. The van der Waals surface area contributed by atoms with Gasteiger partial charge in [0.15, 0.2) is 6.17 Å². The van der Waals surface area contributed by atoms with Crippen LogP contribution in [0.25, 0.3) is 38.6 Å². The van der Waals surface area contributed by atoms with Crippen molar-refractivity contribution in [3.05, 3.63) is 222 Å². The van der Waals surface area contributed by atoms with Gasteiger partial charge in [-0.1, -0.05) is 183 Å². The summed E-state index contributed by atoms with van der Waals surface area (Å²) in [6.07, 6.45) is 1.32. The van der Waals surface area contributed by atoms with Crippen molar-refractivity contribution in [2.75, 3.05) is 21.2 Å². The van der Waals surface area contributed by atoms with E-state index in [9.17, 15) is 4.79 Å². The van der Waals surface area contributed by atoms with Gasteiger partial charge in [0.25, 0.3) is 0 Å². The minimum Gasteiger partial charge on any atom is -0.340 e. The van der Waals surface area contributed by atoms with Crippen LogP contribution >= 0.6 is 0 Å². The van der Waals surface area contributed by atoms with Crippen LogP contribution in [0.15, 0.2) is 188 Å². The van der Waals surface area contributed by atoms with Crippen molar-refractivity contribution < 1.29 is 4.79 Å². The second-order valence-corrected chi connectivity index (χ2v) is 19.8. The standard InChI is InChI=1S/C64H63N4O/c1-42(2)53-24-17-25-54(43(3)4)62(53)65-40-39-61(69)68(63-55(44(5)6)26-18-27-56(63)45(7)8)64(65)48-31-35-51(36-32-48)66(50-33-29-47(30-34-50)46-19-11-9-12-20-46)52-37-38-60-58(41-52)57-23-15-16-28-59(57)67(60)49-21-13-10-14-22-49/h9-38,41-45H,39-40H2,1-8H3. The predicted molar refractivity (Wildman–Crippen MR) is 292 cm³/mol. The molecular formula is C64H63N4O. The molecule has 1 fully saturated rings. The van der Waals surface area contributed by atoms with Crippen LogP contribution in [0, 0.1) is 6.17 Å². The molecule has 0 bridgehead atoms. The number of benzene rings is 8. The molecule has 9 aromatic rings. The maximum Gasteiger partial charge on any atom is 0.231 e. The Morgan fingerprint density at radius 1 is 0.420 bits per heavy atom. The maximum absolute atomic E-state index is 15.0. The van der Waals surface area contributed by atoms with Gasteiger partial charge >= 0.3 is 0 Å². The molecule has 0 saturated carbocycles. The van der Waals surface area contributed by atoms with Crippen LogP contribution in [0.4, 0.5) is 28.4 Å². The average molecular weight is 904 g/mol. The minimum atomic E-state index is 0.122. The van der Waals surface area contributed by atoms with Gasteiger partial charge in [-0.2, -0.15) is 0 Å². The number of hydrogen-bond donors (Lipinski definition) is 0. The molecule has 0 spiro atoms. The highest BCUT2D eigenvalue weighted by atomic mass is 16.2. The molecule has 0 N–H and O–H groups in total. The Morgan fingerprint density at radius 3 is 1.45 bits per heavy atom. The summed E-state index contributed by atoms with van der Waals surface area (Å²) in [6.45, 7) is 18.7. The normalized spacial score (nSPS) is 13.5. The van der Waals surface area contributed by atoms with E-state index in [-0.39, 0.29) is 29.6 Å². The zero-order valence-corrected chi connectivity index (χ0v) is 41.3. The molecule has 1 aliphatic heterocycles. The van der Waals surface area contributed by atoms with Crippen molar-refractivity contribution in [3.8, 4) is 16.8 Å². The van der Waals surface area contributed by atoms with Crippen molar-refractivity contribution in [2.24, 2.45) is 0 Å². The third-order valence-electron chi connectivity index (χ3n) is 14.0. The maximum atomic E-state index is 15.0. The first-order valence-corrected chi connectivity index (χ1v) is 24.9. The number of nitrogens with zero attached hydrogens (tertiary/aromatic N) is 4. The van der Waals surface area contributed by atoms with Crippen molar-refractivity contribution in [2.45, 2.75) is 85.5 Å². The molecule has 345 valence electrons. The van der Waals surface area contributed by atoms with Gasteiger partial charge in [0.1, 0.15) is 0 Å². The van der Waals surface area contributed by atoms with E-state index < -0.39 is 0 Å². The Balaban J connectivity index is 1.17. The van der Waals surface area contributed by atoms with E-state index in [1.54, 1.807) is 0 Å². The number of anilines is 5. The van der Waals surface area contributed by atoms with Gasteiger partial charge in [-0.15, -0.1) is 0 Å². The van der Waals surface area contributed by atoms with Crippen LogP contribution < -0.4 is 14.7 Å². The summed E-state index contributed by atoms with van der Waals surface area (Å²) in [4.78, 5) is 21.9. The number of carbonyl (C=O) groups excluding carboxylic acids is 1. The van der Waals surface area contributed by atoms with E-state index in [0.717, 1.165) is 45.7 Å². The topological polar surface area (TPSA) is 31.7 Å². The summed E-state index contributed by atoms with van der Waals surface area (Å²) >= 11 is 0. The van der Waals surface area contributed by atoms with Crippen molar-refractivity contribution in [3.63, 3.8) is 0 Å². The third-order valence-corrected chi connectivity index (χ3v) is 14.0. The largest absolute Gasteiger partial charge is 0.340 e.